The lowest BCUT2D eigenvalue weighted by Crippen LogP contribution is -2.02. The van der Waals surface area contributed by atoms with Crippen molar-refractivity contribution in [1.82, 2.24) is 4.98 Å². The zero-order valence-electron chi connectivity index (χ0n) is 10.3. The number of nitrogens with one attached hydrogen (secondary N) is 1. The van der Waals surface area contributed by atoms with Gasteiger partial charge in [0, 0.05) is 18.0 Å². The molecule has 0 radical (unpaired) electrons. The summed E-state index contributed by atoms with van der Waals surface area (Å²) in [6.07, 6.45) is 1.81. The van der Waals surface area contributed by atoms with Crippen molar-refractivity contribution < 1.29 is 4.92 Å². The van der Waals surface area contributed by atoms with E-state index in [1.807, 2.05) is 25.3 Å². The number of benzene rings is 1. The van der Waals surface area contributed by atoms with Crippen molar-refractivity contribution in [2.45, 2.75) is 13.5 Å². The van der Waals surface area contributed by atoms with E-state index >= 15 is 0 Å². The minimum atomic E-state index is -0.421. The van der Waals surface area contributed by atoms with E-state index in [2.05, 4.69) is 26.2 Å². The fraction of sp³-hybridized carbons (Fsp3) is 0.154. The lowest BCUT2D eigenvalue weighted by Gasteiger charge is -2.06. The van der Waals surface area contributed by atoms with E-state index < -0.39 is 4.92 Å². The van der Waals surface area contributed by atoms with Crippen molar-refractivity contribution in [3.8, 4) is 0 Å². The van der Waals surface area contributed by atoms with Crippen LogP contribution < -0.4 is 5.32 Å². The molecule has 1 N–H and O–H groups in total. The monoisotopic (exact) mass is 321 g/mol. The fourth-order valence-corrected chi connectivity index (χ4v) is 2.08. The van der Waals surface area contributed by atoms with E-state index in [1.54, 1.807) is 12.1 Å². The van der Waals surface area contributed by atoms with Gasteiger partial charge in [0.2, 0.25) is 0 Å². The van der Waals surface area contributed by atoms with Crippen LogP contribution in [0.1, 0.15) is 11.3 Å². The predicted octanol–water partition coefficient (Wildman–Crippen LogP) is 3.67. The Hall–Kier alpha value is -1.95. The van der Waals surface area contributed by atoms with E-state index in [-0.39, 0.29) is 5.69 Å². The minimum Gasteiger partial charge on any atom is -0.379 e. The zero-order valence-corrected chi connectivity index (χ0v) is 11.8. The van der Waals surface area contributed by atoms with Crippen LogP contribution in [-0.2, 0) is 6.54 Å². The lowest BCUT2D eigenvalue weighted by atomic mass is 10.2. The third-order valence-corrected chi connectivity index (χ3v) is 3.23. The van der Waals surface area contributed by atoms with E-state index in [0.717, 1.165) is 16.9 Å². The molecule has 0 aliphatic heterocycles. The average molecular weight is 322 g/mol. The summed E-state index contributed by atoms with van der Waals surface area (Å²) in [5.74, 6) is 0. The molecular formula is C13H12BrN3O2. The highest BCUT2D eigenvalue weighted by molar-refractivity contribution is 9.10. The van der Waals surface area contributed by atoms with Crippen molar-refractivity contribution in [2.75, 3.05) is 5.32 Å². The molecule has 0 spiro atoms. The highest BCUT2D eigenvalue weighted by atomic mass is 79.9. The molecule has 0 aliphatic carbocycles. The van der Waals surface area contributed by atoms with Gasteiger partial charge in [0.15, 0.2) is 0 Å². The van der Waals surface area contributed by atoms with Crippen molar-refractivity contribution in [2.24, 2.45) is 0 Å². The van der Waals surface area contributed by atoms with E-state index in [1.165, 1.54) is 6.07 Å². The molecule has 19 heavy (non-hydrogen) atoms. The second-order valence-corrected chi connectivity index (χ2v) is 4.96. The topological polar surface area (TPSA) is 68.1 Å². The molecule has 0 saturated heterocycles. The molecule has 6 heteroatoms. The molecule has 2 rings (SSSR count). The Labute approximate surface area is 119 Å². The number of nitro benzene ring substituents is 1. The summed E-state index contributed by atoms with van der Waals surface area (Å²) in [6.45, 7) is 2.56. The molecular weight excluding hydrogens is 310 g/mol. The van der Waals surface area contributed by atoms with Gasteiger partial charge in [0.1, 0.15) is 0 Å². The second kappa shape index (κ2) is 5.79. The Bertz CT molecular complexity index is 599. The van der Waals surface area contributed by atoms with Gasteiger partial charge < -0.3 is 5.32 Å². The highest BCUT2D eigenvalue weighted by Crippen LogP contribution is 2.27. The van der Waals surface area contributed by atoms with Crippen molar-refractivity contribution in [3.05, 3.63) is 62.4 Å². The molecule has 1 aromatic heterocycles. The standard InChI is InChI=1S/C13H12BrN3O2/c1-9-2-3-11(15-7-9)8-16-10-4-5-13(17(18)19)12(14)6-10/h2-7,16H,8H2,1H3. The molecule has 0 atom stereocenters. The predicted molar refractivity (Wildman–Crippen MR) is 77.1 cm³/mol. The number of nitro groups is 1. The van der Waals surface area contributed by atoms with Crippen molar-refractivity contribution >= 4 is 27.3 Å². The normalized spacial score (nSPS) is 10.2. The van der Waals surface area contributed by atoms with Crippen molar-refractivity contribution in [1.29, 1.82) is 0 Å². The van der Waals surface area contributed by atoms with Crippen molar-refractivity contribution in [3.63, 3.8) is 0 Å². The Morgan fingerprint density at radius 2 is 2.16 bits per heavy atom. The van der Waals surface area contributed by atoms with Crippen LogP contribution in [0.4, 0.5) is 11.4 Å². The van der Waals surface area contributed by atoms with Gasteiger partial charge in [0.25, 0.3) is 5.69 Å². The first-order valence-corrected chi connectivity index (χ1v) is 6.45. The molecule has 0 aliphatic rings. The summed E-state index contributed by atoms with van der Waals surface area (Å²) in [4.78, 5) is 14.5. The van der Waals surface area contributed by atoms with Gasteiger partial charge in [-0.25, -0.2) is 0 Å². The molecule has 1 aromatic carbocycles. The molecule has 2 aromatic rings. The molecule has 0 amide bonds. The molecule has 5 nitrogen and oxygen atoms in total. The van der Waals surface area contributed by atoms with Crippen LogP contribution in [0, 0.1) is 17.0 Å². The number of rotatable bonds is 4. The first-order chi connectivity index (χ1) is 9.06. The first kappa shape index (κ1) is 13.5. The van der Waals surface area contributed by atoms with Gasteiger partial charge in [-0.3, -0.25) is 15.1 Å². The summed E-state index contributed by atoms with van der Waals surface area (Å²) in [5.41, 5.74) is 2.89. The number of hydrogen-bond donors (Lipinski definition) is 1. The Morgan fingerprint density at radius 1 is 1.37 bits per heavy atom. The van der Waals surface area contributed by atoms with Crippen LogP contribution in [0.15, 0.2) is 41.0 Å². The van der Waals surface area contributed by atoms with Gasteiger partial charge in [-0.05, 0) is 46.6 Å². The first-order valence-electron chi connectivity index (χ1n) is 5.65. The largest absolute Gasteiger partial charge is 0.379 e. The summed E-state index contributed by atoms with van der Waals surface area (Å²) < 4.78 is 0.458. The number of halogens is 1. The summed E-state index contributed by atoms with van der Waals surface area (Å²) in [5, 5.41) is 13.9. The van der Waals surface area contributed by atoms with Gasteiger partial charge in [0.05, 0.1) is 21.6 Å². The van der Waals surface area contributed by atoms with Crippen LogP contribution in [0.5, 0.6) is 0 Å². The number of nitrogens with zero attached hydrogens (tertiary/aromatic N) is 2. The maximum atomic E-state index is 10.7. The number of pyridine rings is 1. The van der Waals surface area contributed by atoms with Crippen LogP contribution in [0.2, 0.25) is 0 Å². The molecule has 1 heterocycles. The Balaban J connectivity index is 2.06. The van der Waals surface area contributed by atoms with Crippen LogP contribution in [-0.4, -0.2) is 9.91 Å². The zero-order chi connectivity index (χ0) is 13.8. The maximum Gasteiger partial charge on any atom is 0.283 e. The summed E-state index contributed by atoms with van der Waals surface area (Å²) >= 11 is 3.19. The lowest BCUT2D eigenvalue weighted by molar-refractivity contribution is -0.385. The SMILES string of the molecule is Cc1ccc(CNc2ccc([N+](=O)[O-])c(Br)c2)nc1. The number of hydrogen-bond acceptors (Lipinski definition) is 4. The summed E-state index contributed by atoms with van der Waals surface area (Å²) in [7, 11) is 0. The second-order valence-electron chi connectivity index (χ2n) is 4.10. The summed E-state index contributed by atoms with van der Waals surface area (Å²) in [6, 6.07) is 8.77. The highest BCUT2D eigenvalue weighted by Gasteiger charge is 2.11. The average Bonchev–Trinajstić information content (AvgIpc) is 2.37. The van der Waals surface area contributed by atoms with Crippen LogP contribution in [0.25, 0.3) is 0 Å². The van der Waals surface area contributed by atoms with Gasteiger partial charge >= 0.3 is 0 Å². The van der Waals surface area contributed by atoms with Gasteiger partial charge in [-0.2, -0.15) is 0 Å². The van der Waals surface area contributed by atoms with Crippen LogP contribution in [0.3, 0.4) is 0 Å². The smallest absolute Gasteiger partial charge is 0.283 e. The molecule has 0 fully saturated rings. The Kier molecular flexibility index (Phi) is 4.11. The fourth-order valence-electron chi connectivity index (χ4n) is 1.56. The quantitative estimate of drug-likeness (QED) is 0.689. The van der Waals surface area contributed by atoms with E-state index in [4.69, 9.17) is 0 Å². The van der Waals surface area contributed by atoms with E-state index in [0.29, 0.717) is 11.0 Å². The molecule has 0 saturated carbocycles. The van der Waals surface area contributed by atoms with Gasteiger partial charge in [-0.1, -0.05) is 6.07 Å². The minimum absolute atomic E-state index is 0.0546. The molecule has 0 bridgehead atoms. The Morgan fingerprint density at radius 3 is 2.74 bits per heavy atom. The maximum absolute atomic E-state index is 10.7. The van der Waals surface area contributed by atoms with E-state index in [9.17, 15) is 10.1 Å². The van der Waals surface area contributed by atoms with Gasteiger partial charge in [-0.15, -0.1) is 0 Å². The number of anilines is 1. The number of aromatic nitrogens is 1. The molecule has 0 unspecified atom stereocenters. The third-order valence-electron chi connectivity index (χ3n) is 2.59. The third kappa shape index (κ3) is 3.51. The van der Waals surface area contributed by atoms with Crippen LogP contribution >= 0.6 is 15.9 Å². The number of aryl methyl sites for hydroxylation is 1. The molecule has 98 valence electrons.